The molecule has 1 aromatic rings. The summed E-state index contributed by atoms with van der Waals surface area (Å²) in [7, 11) is -0.674. The molecule has 7 heteroatoms. The van der Waals surface area contributed by atoms with Gasteiger partial charge in [-0.3, -0.25) is 4.90 Å². The van der Waals surface area contributed by atoms with Crippen molar-refractivity contribution in [2.24, 2.45) is 0 Å². The summed E-state index contributed by atoms with van der Waals surface area (Å²) < 4.78 is 38.3. The van der Waals surface area contributed by atoms with Crippen molar-refractivity contribution in [1.82, 2.24) is 9.62 Å². The van der Waals surface area contributed by atoms with Crippen molar-refractivity contribution >= 4 is 10.0 Å². The monoisotopic (exact) mass is 342 g/mol. The maximum atomic E-state index is 12.6. The van der Waals surface area contributed by atoms with Crippen LogP contribution in [0.3, 0.4) is 0 Å². The number of nitrogens with zero attached hydrogens (tertiary/aromatic N) is 1. The number of sulfonamides is 1. The number of benzene rings is 1. The van der Waals surface area contributed by atoms with E-state index in [1.807, 2.05) is 0 Å². The summed E-state index contributed by atoms with van der Waals surface area (Å²) in [6, 6.07) is 4.69. The minimum Gasteiger partial charge on any atom is -0.497 e. The summed E-state index contributed by atoms with van der Waals surface area (Å²) in [6.45, 7) is 6.50. The van der Waals surface area contributed by atoms with Crippen LogP contribution in [0.1, 0.15) is 26.7 Å². The Morgan fingerprint density at radius 3 is 2.39 bits per heavy atom. The van der Waals surface area contributed by atoms with Crippen LogP contribution >= 0.6 is 0 Å². The SMILES string of the molecule is COc1ccc(S(=O)(=O)NCC(C)(C)N2CCCC2)c(OC)c1. The summed E-state index contributed by atoms with van der Waals surface area (Å²) in [5.74, 6) is 0.828. The molecule has 1 fully saturated rings. The smallest absolute Gasteiger partial charge is 0.244 e. The molecular weight excluding hydrogens is 316 g/mol. The lowest BCUT2D eigenvalue weighted by molar-refractivity contribution is 0.158. The van der Waals surface area contributed by atoms with Gasteiger partial charge in [-0.05, 0) is 51.9 Å². The van der Waals surface area contributed by atoms with Crippen molar-refractivity contribution in [3.63, 3.8) is 0 Å². The highest BCUT2D eigenvalue weighted by atomic mass is 32.2. The lowest BCUT2D eigenvalue weighted by Gasteiger charge is -2.35. The molecule has 1 N–H and O–H groups in total. The zero-order valence-corrected chi connectivity index (χ0v) is 15.1. The molecule has 1 saturated heterocycles. The molecule has 0 radical (unpaired) electrons. The minimum absolute atomic E-state index is 0.123. The Balaban J connectivity index is 2.15. The molecule has 0 spiro atoms. The number of likely N-dealkylation sites (tertiary alicyclic amines) is 1. The van der Waals surface area contributed by atoms with E-state index in [-0.39, 0.29) is 16.2 Å². The first-order chi connectivity index (χ1) is 10.8. The van der Waals surface area contributed by atoms with Gasteiger partial charge in [0, 0.05) is 18.2 Å². The van der Waals surface area contributed by atoms with Crippen molar-refractivity contribution in [3.8, 4) is 11.5 Å². The van der Waals surface area contributed by atoms with Gasteiger partial charge in [0.05, 0.1) is 14.2 Å². The van der Waals surface area contributed by atoms with E-state index < -0.39 is 10.0 Å². The first kappa shape index (κ1) is 18.0. The average Bonchev–Trinajstić information content (AvgIpc) is 3.08. The molecule has 130 valence electrons. The molecule has 0 amide bonds. The summed E-state index contributed by atoms with van der Waals surface area (Å²) in [5.41, 5.74) is -0.219. The van der Waals surface area contributed by atoms with Crippen LogP contribution in [0, 0.1) is 0 Å². The van der Waals surface area contributed by atoms with Gasteiger partial charge in [-0.2, -0.15) is 0 Å². The second kappa shape index (κ2) is 7.07. The number of nitrogens with one attached hydrogen (secondary N) is 1. The van der Waals surface area contributed by atoms with Gasteiger partial charge >= 0.3 is 0 Å². The Morgan fingerprint density at radius 2 is 1.83 bits per heavy atom. The van der Waals surface area contributed by atoms with Gasteiger partial charge in [-0.25, -0.2) is 13.1 Å². The van der Waals surface area contributed by atoms with Crippen LogP contribution in [0.2, 0.25) is 0 Å². The second-order valence-electron chi connectivity index (χ2n) is 6.35. The summed E-state index contributed by atoms with van der Waals surface area (Å²) in [5, 5.41) is 0. The van der Waals surface area contributed by atoms with Crippen LogP contribution in [0.25, 0.3) is 0 Å². The molecule has 23 heavy (non-hydrogen) atoms. The van der Waals surface area contributed by atoms with Gasteiger partial charge < -0.3 is 9.47 Å². The maximum Gasteiger partial charge on any atom is 0.244 e. The maximum absolute atomic E-state index is 12.6. The van der Waals surface area contributed by atoms with Gasteiger partial charge in [0.2, 0.25) is 10.0 Å². The van der Waals surface area contributed by atoms with Gasteiger partial charge in [-0.1, -0.05) is 0 Å². The summed E-state index contributed by atoms with van der Waals surface area (Å²) >= 11 is 0. The van der Waals surface area contributed by atoms with E-state index in [4.69, 9.17) is 9.47 Å². The number of rotatable bonds is 7. The zero-order valence-electron chi connectivity index (χ0n) is 14.3. The van der Waals surface area contributed by atoms with Crippen LogP contribution in [0.5, 0.6) is 11.5 Å². The van der Waals surface area contributed by atoms with E-state index in [1.165, 1.54) is 33.1 Å². The van der Waals surface area contributed by atoms with Crippen molar-refractivity contribution in [2.75, 3.05) is 33.9 Å². The first-order valence-corrected chi connectivity index (χ1v) is 9.25. The molecular formula is C16H26N2O4S. The standard InChI is InChI=1S/C16H26N2O4S/c1-16(2,18-9-5-6-10-18)12-17-23(19,20)15-8-7-13(21-3)11-14(15)22-4/h7-8,11,17H,5-6,9-10,12H2,1-4H3. The lowest BCUT2D eigenvalue weighted by atomic mass is 10.0. The van der Waals surface area contributed by atoms with Crippen molar-refractivity contribution in [2.45, 2.75) is 37.1 Å². The van der Waals surface area contributed by atoms with Gasteiger partial charge in [0.1, 0.15) is 16.4 Å². The van der Waals surface area contributed by atoms with Gasteiger partial charge in [0.15, 0.2) is 0 Å². The highest BCUT2D eigenvalue weighted by Crippen LogP contribution is 2.28. The Bertz CT molecular complexity index is 637. The van der Waals surface area contributed by atoms with E-state index in [0.717, 1.165) is 13.1 Å². The fourth-order valence-corrected chi connectivity index (χ4v) is 4.13. The molecule has 1 aliphatic heterocycles. The molecule has 2 rings (SSSR count). The van der Waals surface area contributed by atoms with E-state index >= 15 is 0 Å². The van der Waals surface area contributed by atoms with Gasteiger partial charge in [0.25, 0.3) is 0 Å². The largest absolute Gasteiger partial charge is 0.497 e. The van der Waals surface area contributed by atoms with E-state index in [0.29, 0.717) is 12.3 Å². The fourth-order valence-electron chi connectivity index (χ4n) is 2.78. The molecule has 0 saturated carbocycles. The predicted octanol–water partition coefficient (Wildman–Crippen LogP) is 1.86. The molecule has 0 atom stereocenters. The molecule has 6 nitrogen and oxygen atoms in total. The Labute approximate surface area is 138 Å². The highest BCUT2D eigenvalue weighted by Gasteiger charge is 2.31. The number of ether oxygens (including phenoxy) is 2. The second-order valence-corrected chi connectivity index (χ2v) is 8.08. The zero-order chi connectivity index (χ0) is 17.1. The molecule has 1 aromatic carbocycles. The van der Waals surface area contributed by atoms with Crippen LogP contribution in [-0.4, -0.2) is 52.7 Å². The molecule has 0 bridgehead atoms. The average molecular weight is 342 g/mol. The molecule has 0 unspecified atom stereocenters. The quantitative estimate of drug-likeness (QED) is 0.819. The third-order valence-electron chi connectivity index (χ3n) is 4.32. The predicted molar refractivity (Wildman–Crippen MR) is 89.6 cm³/mol. The molecule has 1 aliphatic rings. The minimum atomic E-state index is -3.65. The van der Waals surface area contributed by atoms with Crippen LogP contribution in [-0.2, 0) is 10.0 Å². The van der Waals surface area contributed by atoms with Crippen molar-refractivity contribution in [3.05, 3.63) is 18.2 Å². The molecule has 1 heterocycles. The van der Waals surface area contributed by atoms with Crippen LogP contribution in [0.4, 0.5) is 0 Å². The molecule has 0 aliphatic carbocycles. The van der Waals surface area contributed by atoms with E-state index in [9.17, 15) is 8.42 Å². The van der Waals surface area contributed by atoms with Crippen molar-refractivity contribution < 1.29 is 17.9 Å². The normalized spacial score (nSPS) is 16.5. The summed E-state index contributed by atoms with van der Waals surface area (Å²) in [4.78, 5) is 2.44. The van der Waals surface area contributed by atoms with E-state index in [1.54, 1.807) is 12.1 Å². The van der Waals surface area contributed by atoms with Gasteiger partial charge in [-0.15, -0.1) is 0 Å². The van der Waals surface area contributed by atoms with E-state index in [2.05, 4.69) is 23.5 Å². The summed E-state index contributed by atoms with van der Waals surface area (Å²) in [6.07, 6.45) is 2.34. The lowest BCUT2D eigenvalue weighted by Crippen LogP contribution is -2.50. The first-order valence-electron chi connectivity index (χ1n) is 7.77. The third-order valence-corrected chi connectivity index (χ3v) is 5.76. The topological polar surface area (TPSA) is 67.9 Å². The Morgan fingerprint density at radius 1 is 1.17 bits per heavy atom. The van der Waals surface area contributed by atoms with Crippen LogP contribution < -0.4 is 14.2 Å². The number of hydrogen-bond acceptors (Lipinski definition) is 5. The number of hydrogen-bond donors (Lipinski definition) is 1. The highest BCUT2D eigenvalue weighted by molar-refractivity contribution is 7.89. The Hall–Kier alpha value is -1.31. The molecule has 0 aromatic heterocycles. The third kappa shape index (κ3) is 4.16. The van der Waals surface area contributed by atoms with Crippen LogP contribution in [0.15, 0.2) is 23.1 Å². The fraction of sp³-hybridized carbons (Fsp3) is 0.625. The Kier molecular flexibility index (Phi) is 5.54. The van der Waals surface area contributed by atoms with Crippen molar-refractivity contribution in [1.29, 1.82) is 0 Å². The number of methoxy groups -OCH3 is 2.